The number of pyridine rings is 1. The van der Waals surface area contributed by atoms with E-state index in [1.54, 1.807) is 6.26 Å². The summed E-state index contributed by atoms with van der Waals surface area (Å²) in [6, 6.07) is 20.9. The van der Waals surface area contributed by atoms with Gasteiger partial charge in [-0.3, -0.25) is 9.59 Å². The van der Waals surface area contributed by atoms with Crippen LogP contribution in [0.3, 0.4) is 0 Å². The van der Waals surface area contributed by atoms with Crippen LogP contribution in [0.15, 0.2) is 60.7 Å². The highest BCUT2D eigenvalue weighted by Crippen LogP contribution is 2.33. The molecular weight excluding hydrogens is 647 g/mol. The summed E-state index contributed by atoms with van der Waals surface area (Å²) in [6.07, 6.45) is 9.96. The maximum atomic E-state index is 13.2. The van der Waals surface area contributed by atoms with E-state index in [1.807, 2.05) is 23.5 Å². The van der Waals surface area contributed by atoms with Gasteiger partial charge in [0.1, 0.15) is 17.2 Å². The van der Waals surface area contributed by atoms with Crippen molar-refractivity contribution in [3.63, 3.8) is 0 Å². The Hall–Kier alpha value is -3.36. The van der Waals surface area contributed by atoms with Gasteiger partial charge in [-0.2, -0.15) is 12.6 Å². The van der Waals surface area contributed by atoms with Gasteiger partial charge in [0.15, 0.2) is 0 Å². The van der Waals surface area contributed by atoms with Crippen LogP contribution in [0.4, 0.5) is 0 Å². The molecule has 268 valence electrons. The van der Waals surface area contributed by atoms with Crippen molar-refractivity contribution in [2.75, 3.05) is 12.8 Å². The van der Waals surface area contributed by atoms with E-state index < -0.39 is 0 Å². The lowest BCUT2D eigenvalue weighted by molar-refractivity contribution is -0.106. The lowest BCUT2D eigenvalue weighted by Crippen LogP contribution is -2.26. The Balaban J connectivity index is 0.000000956. The molecule has 1 aliphatic carbocycles. The fourth-order valence-electron chi connectivity index (χ4n) is 5.71. The second kappa shape index (κ2) is 22.4. The molecular formula is C41H59N3O3S2. The fraction of sp³-hybridized carbons (Fsp3) is 0.488. The number of nitrogens with one attached hydrogen (secondary N) is 1. The number of ether oxygens (including phenoxy) is 1. The first-order valence-electron chi connectivity index (χ1n) is 17.8. The minimum absolute atomic E-state index is 0.101. The van der Waals surface area contributed by atoms with Gasteiger partial charge in [-0.1, -0.05) is 98.8 Å². The third-order valence-electron chi connectivity index (χ3n) is 8.62. The number of aromatic nitrogens is 1. The van der Waals surface area contributed by atoms with Gasteiger partial charge in [-0.25, -0.2) is 4.98 Å². The van der Waals surface area contributed by atoms with Gasteiger partial charge in [0.25, 0.3) is 5.91 Å². The first-order valence-corrected chi connectivity index (χ1v) is 19.5. The van der Waals surface area contributed by atoms with Crippen LogP contribution in [-0.2, 0) is 17.6 Å². The van der Waals surface area contributed by atoms with Crippen molar-refractivity contribution in [2.45, 2.75) is 105 Å². The van der Waals surface area contributed by atoms with Crippen molar-refractivity contribution >= 4 is 47.1 Å². The highest BCUT2D eigenvalue weighted by atomic mass is 32.1. The van der Waals surface area contributed by atoms with E-state index in [9.17, 15) is 4.79 Å². The number of carbonyl (C=O) groups excluding carboxylic acids is 2. The summed E-state index contributed by atoms with van der Waals surface area (Å²) in [4.78, 5) is 29.4. The second-order valence-electron chi connectivity index (χ2n) is 13.2. The van der Waals surface area contributed by atoms with E-state index in [2.05, 4.69) is 121 Å². The number of primary amides is 1. The first-order chi connectivity index (χ1) is 23.6. The zero-order valence-electron chi connectivity index (χ0n) is 30.9. The second-order valence-corrected chi connectivity index (χ2v) is 14.4. The molecule has 3 N–H and O–H groups in total. The molecule has 0 bridgehead atoms. The van der Waals surface area contributed by atoms with Crippen molar-refractivity contribution < 1.29 is 14.3 Å². The zero-order valence-corrected chi connectivity index (χ0v) is 32.6. The summed E-state index contributed by atoms with van der Waals surface area (Å²) in [5, 5.41) is 5.23. The van der Waals surface area contributed by atoms with E-state index >= 15 is 0 Å². The number of nitrogens with zero attached hydrogens (tertiary/aromatic N) is 1. The Morgan fingerprint density at radius 3 is 2.16 bits per heavy atom. The fourth-order valence-corrected chi connectivity index (χ4v) is 6.72. The minimum Gasteiger partial charge on any atom is -0.457 e. The lowest BCUT2D eigenvalue weighted by atomic mass is 9.90. The average molecular weight is 706 g/mol. The van der Waals surface area contributed by atoms with Gasteiger partial charge in [0.05, 0.1) is 0 Å². The van der Waals surface area contributed by atoms with Crippen molar-refractivity contribution in [3.05, 3.63) is 87.4 Å². The van der Waals surface area contributed by atoms with E-state index in [0.29, 0.717) is 35.9 Å². The van der Waals surface area contributed by atoms with Crippen LogP contribution in [0.25, 0.3) is 10.8 Å². The maximum absolute atomic E-state index is 13.2. The number of thiophene rings is 1. The quantitative estimate of drug-likeness (QED) is 0.107. The lowest BCUT2D eigenvalue weighted by Gasteiger charge is -2.17. The number of benzene rings is 2. The van der Waals surface area contributed by atoms with Crippen molar-refractivity contribution in [1.82, 2.24) is 10.3 Å². The first kappa shape index (κ1) is 41.8. The molecule has 5 rings (SSSR count). The van der Waals surface area contributed by atoms with Crippen LogP contribution < -0.4 is 15.8 Å². The van der Waals surface area contributed by atoms with Crippen LogP contribution in [0.1, 0.15) is 124 Å². The van der Waals surface area contributed by atoms with Crippen LogP contribution in [0.5, 0.6) is 11.5 Å². The molecule has 8 heteroatoms. The van der Waals surface area contributed by atoms with E-state index in [4.69, 9.17) is 14.5 Å². The summed E-state index contributed by atoms with van der Waals surface area (Å²) >= 11 is 5.36. The van der Waals surface area contributed by atoms with E-state index in [1.165, 1.54) is 47.4 Å². The topological polar surface area (TPSA) is 94.3 Å². The van der Waals surface area contributed by atoms with Gasteiger partial charge in [0.2, 0.25) is 6.41 Å². The predicted octanol–water partition coefficient (Wildman–Crippen LogP) is 10.7. The van der Waals surface area contributed by atoms with Gasteiger partial charge < -0.3 is 15.8 Å². The van der Waals surface area contributed by atoms with Crippen LogP contribution in [0.2, 0.25) is 0 Å². The SMILES string of the molecule is CC(C)c1ccc(CCNC(=O)c2cc3ccc(Oc4ccc(C(C)C(C)C)cc4)cc3c(CC3CCCC3)n2)s1.CCC.CS.NC=O. The smallest absolute Gasteiger partial charge is 0.269 e. The largest absolute Gasteiger partial charge is 0.457 e. The maximum Gasteiger partial charge on any atom is 0.269 e. The Bertz CT molecular complexity index is 1540. The molecule has 2 aromatic heterocycles. The molecule has 1 atom stereocenters. The number of nitrogens with two attached hydrogens (primary N) is 1. The van der Waals surface area contributed by atoms with Crippen molar-refractivity contribution in [3.8, 4) is 11.5 Å². The van der Waals surface area contributed by atoms with Crippen molar-refractivity contribution in [1.29, 1.82) is 0 Å². The highest BCUT2D eigenvalue weighted by Gasteiger charge is 2.20. The van der Waals surface area contributed by atoms with E-state index in [0.717, 1.165) is 40.8 Å². The number of rotatable bonds is 11. The molecule has 4 aromatic rings. The summed E-state index contributed by atoms with van der Waals surface area (Å²) in [5.41, 5.74) is 7.00. The number of thiol groups is 1. The summed E-state index contributed by atoms with van der Waals surface area (Å²) in [5.74, 6) is 3.79. The normalized spacial score (nSPS) is 13.0. The Morgan fingerprint density at radius 1 is 0.980 bits per heavy atom. The van der Waals surface area contributed by atoms with Gasteiger partial charge in [-0.05, 0) is 96.2 Å². The predicted molar refractivity (Wildman–Crippen MR) is 213 cm³/mol. The Labute approximate surface area is 305 Å². The molecule has 0 spiro atoms. The third-order valence-corrected chi connectivity index (χ3v) is 10.1. The molecule has 0 aliphatic heterocycles. The molecule has 2 heterocycles. The molecule has 1 unspecified atom stereocenters. The molecule has 1 aliphatic rings. The molecule has 49 heavy (non-hydrogen) atoms. The molecule has 1 saturated carbocycles. The Kier molecular flexibility index (Phi) is 19.1. The molecule has 0 saturated heterocycles. The summed E-state index contributed by atoms with van der Waals surface area (Å²) < 4.78 is 6.29. The van der Waals surface area contributed by atoms with Crippen LogP contribution in [-0.4, -0.2) is 30.1 Å². The van der Waals surface area contributed by atoms with Crippen LogP contribution in [0, 0.1) is 11.8 Å². The molecule has 1 fully saturated rings. The third kappa shape index (κ3) is 13.5. The van der Waals surface area contributed by atoms with Gasteiger partial charge >= 0.3 is 0 Å². The number of amides is 2. The average Bonchev–Trinajstić information content (AvgIpc) is 3.79. The zero-order chi connectivity index (χ0) is 36.3. The van der Waals surface area contributed by atoms with Crippen LogP contribution >= 0.6 is 24.0 Å². The number of carbonyl (C=O) groups is 2. The van der Waals surface area contributed by atoms with Gasteiger partial charge in [-0.15, -0.1) is 11.3 Å². The van der Waals surface area contributed by atoms with Crippen molar-refractivity contribution in [2.24, 2.45) is 17.6 Å². The summed E-state index contributed by atoms with van der Waals surface area (Å²) in [7, 11) is 0. The van der Waals surface area contributed by atoms with Gasteiger partial charge in [0, 0.05) is 27.4 Å². The number of hydrogen-bond acceptors (Lipinski definition) is 6. The molecule has 0 radical (unpaired) electrons. The number of hydrogen-bond donors (Lipinski definition) is 3. The Morgan fingerprint density at radius 2 is 1.59 bits per heavy atom. The number of fused-ring (bicyclic) bond motifs is 1. The highest BCUT2D eigenvalue weighted by molar-refractivity contribution is 7.79. The molecule has 2 amide bonds. The van der Waals surface area contributed by atoms with E-state index in [-0.39, 0.29) is 12.3 Å². The standard InChI is InChI=1S/C36H44N2O2S.C3H8.CH3NO.CH4S/c1-23(2)25(5)27-10-13-29(14-11-27)40-30-15-12-28-21-34(38-33(32(28)22-30)20-26-8-6-7-9-26)36(39)37-19-18-31-16-17-35(41-31)24(3)4;1-3-2;2-1-3;1-2/h10-17,21-26H,6-9,18-20H2,1-5H3,(H,37,39);3H2,1-2H3;1H,(H2,2,3);2H,1H3. The minimum atomic E-state index is -0.101. The summed E-state index contributed by atoms with van der Waals surface area (Å²) in [6.45, 7) is 16.1. The molecule has 6 nitrogen and oxygen atoms in total. The monoisotopic (exact) mass is 705 g/mol. The molecule has 2 aromatic carbocycles.